The Morgan fingerprint density at radius 3 is 2.52 bits per heavy atom. The third-order valence-electron chi connectivity index (χ3n) is 2.93. The molecule has 1 aromatic rings. The Balaban J connectivity index is 2.52. The van der Waals surface area contributed by atoms with E-state index in [1.165, 1.54) is 0 Å². The summed E-state index contributed by atoms with van der Waals surface area (Å²) >= 11 is 0. The van der Waals surface area contributed by atoms with Crippen LogP contribution in [0.25, 0.3) is 0 Å². The van der Waals surface area contributed by atoms with E-state index in [0.29, 0.717) is 18.1 Å². The first-order chi connectivity index (χ1) is 9.84. The van der Waals surface area contributed by atoms with Crippen LogP contribution in [-0.2, 0) is 0 Å². The predicted molar refractivity (Wildman–Crippen MR) is 85.5 cm³/mol. The minimum atomic E-state index is -0.184. The molecule has 0 fully saturated rings. The summed E-state index contributed by atoms with van der Waals surface area (Å²) in [5.41, 5.74) is 0.354. The van der Waals surface area contributed by atoms with Gasteiger partial charge >= 0.3 is 0 Å². The summed E-state index contributed by atoms with van der Waals surface area (Å²) in [6.45, 7) is 8.67. The summed E-state index contributed by atoms with van der Waals surface area (Å²) in [5.74, 6) is 0.512. The van der Waals surface area contributed by atoms with Crippen molar-refractivity contribution < 1.29 is 4.79 Å². The number of aromatic nitrogens is 2. The number of nitrogens with zero attached hydrogens (tertiary/aromatic N) is 3. The van der Waals surface area contributed by atoms with Crippen molar-refractivity contribution in [3.05, 3.63) is 17.8 Å². The Morgan fingerprint density at radius 2 is 2.00 bits per heavy atom. The number of rotatable bonds is 8. The van der Waals surface area contributed by atoms with Crippen molar-refractivity contribution in [1.29, 1.82) is 0 Å². The first-order valence-corrected chi connectivity index (χ1v) is 7.34. The molecule has 118 valence electrons. The predicted octanol–water partition coefficient (Wildman–Crippen LogP) is 1.62. The van der Waals surface area contributed by atoms with Crippen LogP contribution in [-0.4, -0.2) is 54.7 Å². The average molecular weight is 293 g/mol. The van der Waals surface area contributed by atoms with Crippen LogP contribution >= 0.6 is 0 Å². The summed E-state index contributed by atoms with van der Waals surface area (Å²) < 4.78 is 0. The van der Waals surface area contributed by atoms with E-state index in [2.05, 4.69) is 46.5 Å². The van der Waals surface area contributed by atoms with Crippen LogP contribution in [0.4, 0.5) is 5.82 Å². The fourth-order valence-electron chi connectivity index (χ4n) is 2.12. The zero-order valence-corrected chi connectivity index (χ0v) is 13.7. The Kier molecular flexibility index (Phi) is 6.55. The standard InChI is InChI=1S/C15H27N5O/c1-6-9-16-13-8-7-12(18-19-13)14(21)17-10-15(2,3)11-20(4)5/h7-8H,6,9-11H2,1-5H3,(H,16,19)(H,17,21). The minimum Gasteiger partial charge on any atom is -0.369 e. The molecule has 1 rings (SSSR count). The normalized spacial score (nSPS) is 11.5. The highest BCUT2D eigenvalue weighted by atomic mass is 16.1. The second kappa shape index (κ2) is 7.93. The van der Waals surface area contributed by atoms with Crippen molar-refractivity contribution in [1.82, 2.24) is 20.4 Å². The highest BCUT2D eigenvalue weighted by Gasteiger charge is 2.20. The van der Waals surface area contributed by atoms with Gasteiger partial charge in [-0.1, -0.05) is 20.8 Å². The maximum atomic E-state index is 12.1. The molecule has 0 aliphatic rings. The quantitative estimate of drug-likeness (QED) is 0.762. The number of amides is 1. The van der Waals surface area contributed by atoms with Gasteiger partial charge in [0.2, 0.25) is 0 Å². The molecular formula is C15H27N5O. The van der Waals surface area contributed by atoms with Crippen LogP contribution in [0.3, 0.4) is 0 Å². The topological polar surface area (TPSA) is 70.2 Å². The Hall–Kier alpha value is -1.69. The van der Waals surface area contributed by atoms with E-state index in [1.807, 2.05) is 14.1 Å². The molecule has 0 unspecified atom stereocenters. The van der Waals surface area contributed by atoms with Gasteiger partial charge in [-0.3, -0.25) is 4.79 Å². The summed E-state index contributed by atoms with van der Waals surface area (Å²) in [4.78, 5) is 14.2. The van der Waals surface area contributed by atoms with Gasteiger partial charge in [-0.05, 0) is 38.1 Å². The molecule has 1 amide bonds. The molecule has 0 aliphatic carbocycles. The van der Waals surface area contributed by atoms with E-state index < -0.39 is 0 Å². The summed E-state index contributed by atoms with van der Waals surface area (Å²) in [6, 6.07) is 3.47. The molecule has 0 aromatic carbocycles. The summed E-state index contributed by atoms with van der Waals surface area (Å²) in [7, 11) is 4.05. The van der Waals surface area contributed by atoms with Gasteiger partial charge in [-0.25, -0.2) is 0 Å². The van der Waals surface area contributed by atoms with Gasteiger partial charge in [0.25, 0.3) is 5.91 Å². The van der Waals surface area contributed by atoms with Crippen molar-refractivity contribution >= 4 is 11.7 Å². The first-order valence-electron chi connectivity index (χ1n) is 7.34. The minimum absolute atomic E-state index is 0.00914. The van der Waals surface area contributed by atoms with Crippen LogP contribution in [0, 0.1) is 5.41 Å². The van der Waals surface area contributed by atoms with Crippen molar-refractivity contribution in [2.75, 3.05) is 39.0 Å². The molecule has 0 atom stereocenters. The molecule has 1 heterocycles. The summed E-state index contributed by atoms with van der Waals surface area (Å²) in [5, 5.41) is 14.0. The van der Waals surface area contributed by atoms with Crippen LogP contribution < -0.4 is 10.6 Å². The van der Waals surface area contributed by atoms with Gasteiger partial charge in [0.15, 0.2) is 5.69 Å². The number of carbonyl (C=O) groups excluding carboxylic acids is 1. The molecule has 6 heteroatoms. The maximum absolute atomic E-state index is 12.1. The lowest BCUT2D eigenvalue weighted by atomic mass is 9.93. The van der Waals surface area contributed by atoms with E-state index in [0.717, 1.165) is 19.5 Å². The zero-order valence-electron chi connectivity index (χ0n) is 13.7. The maximum Gasteiger partial charge on any atom is 0.271 e. The second-order valence-corrected chi connectivity index (χ2v) is 6.32. The second-order valence-electron chi connectivity index (χ2n) is 6.32. The van der Waals surface area contributed by atoms with Gasteiger partial charge in [0.05, 0.1) is 0 Å². The molecule has 6 nitrogen and oxygen atoms in total. The van der Waals surface area contributed by atoms with E-state index in [4.69, 9.17) is 0 Å². The number of carbonyl (C=O) groups is 1. The van der Waals surface area contributed by atoms with Crippen LogP contribution in [0.2, 0.25) is 0 Å². The molecule has 2 N–H and O–H groups in total. The lowest BCUT2D eigenvalue weighted by Crippen LogP contribution is -2.40. The van der Waals surface area contributed by atoms with Crippen molar-refractivity contribution in [2.45, 2.75) is 27.2 Å². The molecule has 0 radical (unpaired) electrons. The van der Waals surface area contributed by atoms with E-state index in [1.54, 1.807) is 12.1 Å². The smallest absolute Gasteiger partial charge is 0.271 e. The fourth-order valence-corrected chi connectivity index (χ4v) is 2.12. The number of hydrogen-bond acceptors (Lipinski definition) is 5. The SMILES string of the molecule is CCCNc1ccc(C(=O)NCC(C)(C)CN(C)C)nn1. The number of nitrogens with one attached hydrogen (secondary N) is 2. The number of hydrogen-bond donors (Lipinski definition) is 2. The monoisotopic (exact) mass is 293 g/mol. The lowest BCUT2D eigenvalue weighted by molar-refractivity contribution is 0.0923. The van der Waals surface area contributed by atoms with Gasteiger partial charge in [-0.15, -0.1) is 10.2 Å². The Bertz CT molecular complexity index is 442. The van der Waals surface area contributed by atoms with Crippen molar-refractivity contribution in [3.8, 4) is 0 Å². The van der Waals surface area contributed by atoms with Gasteiger partial charge in [0.1, 0.15) is 5.82 Å². The van der Waals surface area contributed by atoms with Crippen molar-refractivity contribution in [2.24, 2.45) is 5.41 Å². The van der Waals surface area contributed by atoms with Crippen LogP contribution in [0.5, 0.6) is 0 Å². The molecule has 0 saturated heterocycles. The Morgan fingerprint density at radius 1 is 1.29 bits per heavy atom. The van der Waals surface area contributed by atoms with Crippen molar-refractivity contribution in [3.63, 3.8) is 0 Å². The molecular weight excluding hydrogens is 266 g/mol. The van der Waals surface area contributed by atoms with E-state index in [9.17, 15) is 4.79 Å². The van der Waals surface area contributed by atoms with E-state index >= 15 is 0 Å². The van der Waals surface area contributed by atoms with Crippen LogP contribution in [0.1, 0.15) is 37.7 Å². The largest absolute Gasteiger partial charge is 0.369 e. The third-order valence-corrected chi connectivity index (χ3v) is 2.93. The van der Waals surface area contributed by atoms with Gasteiger partial charge in [-0.2, -0.15) is 0 Å². The van der Waals surface area contributed by atoms with E-state index in [-0.39, 0.29) is 11.3 Å². The molecule has 21 heavy (non-hydrogen) atoms. The molecule has 1 aromatic heterocycles. The van der Waals surface area contributed by atoms with Gasteiger partial charge < -0.3 is 15.5 Å². The zero-order chi connectivity index (χ0) is 15.9. The number of anilines is 1. The molecule has 0 saturated carbocycles. The summed E-state index contributed by atoms with van der Waals surface area (Å²) in [6.07, 6.45) is 1.02. The highest BCUT2D eigenvalue weighted by molar-refractivity contribution is 5.92. The fraction of sp³-hybridized carbons (Fsp3) is 0.667. The molecule has 0 spiro atoms. The average Bonchev–Trinajstić information content (AvgIpc) is 2.42. The van der Waals surface area contributed by atoms with Gasteiger partial charge in [0, 0.05) is 19.6 Å². The molecule has 0 bridgehead atoms. The van der Waals surface area contributed by atoms with Crippen LogP contribution in [0.15, 0.2) is 12.1 Å². The lowest BCUT2D eigenvalue weighted by Gasteiger charge is -2.28. The highest BCUT2D eigenvalue weighted by Crippen LogP contribution is 2.14. The molecule has 0 aliphatic heterocycles. The first kappa shape index (κ1) is 17.4. The Labute approximate surface area is 127 Å². The third kappa shape index (κ3) is 6.53.